The van der Waals surface area contributed by atoms with Crippen molar-refractivity contribution >= 4 is 11.8 Å². The lowest BCUT2D eigenvalue weighted by Crippen LogP contribution is -2.45. The molecule has 6 nitrogen and oxygen atoms in total. The van der Waals surface area contributed by atoms with Crippen molar-refractivity contribution in [2.45, 2.75) is 39.2 Å². The van der Waals surface area contributed by atoms with Gasteiger partial charge in [-0.3, -0.25) is 9.59 Å². The number of aromatic nitrogens is 2. The molecule has 27 heavy (non-hydrogen) atoms. The quantitative estimate of drug-likeness (QED) is 0.848. The molecule has 1 aliphatic heterocycles. The Hall–Kier alpha value is -2.70. The summed E-state index contributed by atoms with van der Waals surface area (Å²) in [5.41, 5.74) is 1.11. The van der Waals surface area contributed by atoms with Gasteiger partial charge in [-0.2, -0.15) is 0 Å². The fraction of sp³-hybridized carbons (Fsp3) is 0.450. The van der Waals surface area contributed by atoms with E-state index in [4.69, 9.17) is 0 Å². The van der Waals surface area contributed by atoms with Gasteiger partial charge in [-0.15, -0.1) is 0 Å². The van der Waals surface area contributed by atoms with Gasteiger partial charge >= 0.3 is 0 Å². The minimum atomic E-state index is -0.367. The summed E-state index contributed by atoms with van der Waals surface area (Å²) in [7, 11) is 0. The Kier molecular flexibility index (Phi) is 6.21. The van der Waals surface area contributed by atoms with Gasteiger partial charge < -0.3 is 14.8 Å². The molecule has 2 heterocycles. The maximum absolute atomic E-state index is 14.3. The minimum absolute atomic E-state index is 0.0805. The first-order valence-corrected chi connectivity index (χ1v) is 9.40. The van der Waals surface area contributed by atoms with E-state index in [1.165, 1.54) is 12.4 Å². The molecule has 1 aliphatic rings. The number of amides is 2. The number of imidazole rings is 1. The average Bonchev–Trinajstić information content (AvgIpc) is 3.21. The minimum Gasteiger partial charge on any atom is -0.352 e. The highest BCUT2D eigenvalue weighted by molar-refractivity contribution is 5.81. The molecule has 1 atom stereocenters. The molecule has 1 N–H and O–H groups in total. The summed E-state index contributed by atoms with van der Waals surface area (Å²) in [4.78, 5) is 30.2. The molecule has 2 amide bonds. The second-order valence-corrected chi connectivity index (χ2v) is 6.90. The Morgan fingerprint density at radius 1 is 1.37 bits per heavy atom. The second-order valence-electron chi connectivity index (χ2n) is 6.90. The number of nitrogens with zero attached hydrogens (tertiary/aromatic N) is 3. The van der Waals surface area contributed by atoms with Gasteiger partial charge in [0.2, 0.25) is 11.8 Å². The molecule has 1 unspecified atom stereocenters. The molecule has 0 radical (unpaired) electrons. The van der Waals surface area contributed by atoms with Crippen LogP contribution < -0.4 is 5.32 Å². The van der Waals surface area contributed by atoms with Gasteiger partial charge in [0.15, 0.2) is 0 Å². The predicted molar refractivity (Wildman–Crippen MR) is 99.6 cm³/mol. The third-order valence-corrected chi connectivity index (χ3v) is 4.87. The summed E-state index contributed by atoms with van der Waals surface area (Å²) in [6.07, 6.45) is 7.75. The monoisotopic (exact) mass is 372 g/mol. The van der Waals surface area contributed by atoms with Gasteiger partial charge in [0.25, 0.3) is 0 Å². The lowest BCUT2D eigenvalue weighted by Gasteiger charge is -2.32. The van der Waals surface area contributed by atoms with Crippen molar-refractivity contribution in [2.24, 2.45) is 5.92 Å². The number of nitrogens with one attached hydrogen (secondary N) is 1. The van der Waals surface area contributed by atoms with E-state index in [0.717, 1.165) is 25.8 Å². The van der Waals surface area contributed by atoms with E-state index in [9.17, 15) is 14.0 Å². The zero-order chi connectivity index (χ0) is 19.2. The zero-order valence-electron chi connectivity index (χ0n) is 15.5. The summed E-state index contributed by atoms with van der Waals surface area (Å²) in [5, 5.41) is 2.88. The number of piperidine rings is 1. The van der Waals surface area contributed by atoms with E-state index in [-0.39, 0.29) is 30.1 Å². The van der Waals surface area contributed by atoms with Crippen LogP contribution in [0.2, 0.25) is 0 Å². The van der Waals surface area contributed by atoms with Gasteiger partial charge in [0.1, 0.15) is 5.82 Å². The molecule has 144 valence electrons. The van der Waals surface area contributed by atoms with Gasteiger partial charge in [0, 0.05) is 38.4 Å². The Morgan fingerprint density at radius 2 is 2.22 bits per heavy atom. The summed E-state index contributed by atoms with van der Waals surface area (Å²) in [6.45, 7) is 3.44. The second kappa shape index (κ2) is 8.79. The van der Waals surface area contributed by atoms with Crippen LogP contribution in [0.25, 0.3) is 5.69 Å². The topological polar surface area (TPSA) is 67.2 Å². The zero-order valence-corrected chi connectivity index (χ0v) is 15.5. The van der Waals surface area contributed by atoms with Crippen LogP contribution in [0.1, 0.15) is 38.2 Å². The van der Waals surface area contributed by atoms with Gasteiger partial charge in [-0.25, -0.2) is 9.37 Å². The van der Waals surface area contributed by atoms with Crippen LogP contribution in [0, 0.1) is 11.7 Å². The molecule has 0 spiro atoms. The lowest BCUT2D eigenvalue weighted by atomic mass is 9.96. The van der Waals surface area contributed by atoms with Crippen LogP contribution in [0.5, 0.6) is 0 Å². The number of carbonyl (C=O) groups is 2. The van der Waals surface area contributed by atoms with Crippen LogP contribution in [0.4, 0.5) is 4.39 Å². The van der Waals surface area contributed by atoms with Crippen LogP contribution in [0.15, 0.2) is 36.9 Å². The van der Waals surface area contributed by atoms with Crippen molar-refractivity contribution in [1.29, 1.82) is 0 Å². The van der Waals surface area contributed by atoms with E-state index in [1.54, 1.807) is 34.0 Å². The number of likely N-dealkylation sites (tertiary alicyclic amines) is 1. The van der Waals surface area contributed by atoms with Crippen molar-refractivity contribution < 1.29 is 14.0 Å². The highest BCUT2D eigenvalue weighted by Gasteiger charge is 2.27. The van der Waals surface area contributed by atoms with Gasteiger partial charge in [-0.05, 0) is 37.0 Å². The number of benzene rings is 1. The number of carbonyl (C=O) groups excluding carboxylic acids is 2. The van der Waals surface area contributed by atoms with E-state index in [2.05, 4.69) is 10.3 Å². The van der Waals surface area contributed by atoms with Crippen LogP contribution >= 0.6 is 0 Å². The summed E-state index contributed by atoms with van der Waals surface area (Å²) < 4.78 is 15.9. The van der Waals surface area contributed by atoms with Crippen molar-refractivity contribution in [1.82, 2.24) is 19.8 Å². The van der Waals surface area contributed by atoms with E-state index in [1.807, 2.05) is 6.92 Å². The molecule has 0 bridgehead atoms. The summed E-state index contributed by atoms with van der Waals surface area (Å²) in [6, 6.07) is 4.88. The molecule has 3 rings (SSSR count). The molecular formula is C20H25FN4O2. The fourth-order valence-corrected chi connectivity index (χ4v) is 3.39. The Morgan fingerprint density at radius 3 is 2.93 bits per heavy atom. The fourth-order valence-electron chi connectivity index (χ4n) is 3.39. The van der Waals surface area contributed by atoms with Crippen molar-refractivity contribution in [3.63, 3.8) is 0 Å². The number of rotatable bonds is 6. The van der Waals surface area contributed by atoms with Crippen LogP contribution in [0.3, 0.4) is 0 Å². The highest BCUT2D eigenvalue weighted by Crippen LogP contribution is 2.19. The first-order valence-electron chi connectivity index (χ1n) is 9.40. The smallest absolute Gasteiger partial charge is 0.225 e. The molecule has 0 saturated carbocycles. The highest BCUT2D eigenvalue weighted by atomic mass is 19.1. The Bertz CT molecular complexity index is 791. The molecule has 1 saturated heterocycles. The number of halogens is 1. The molecule has 1 aromatic heterocycles. The van der Waals surface area contributed by atoms with E-state index < -0.39 is 0 Å². The maximum Gasteiger partial charge on any atom is 0.225 e. The summed E-state index contributed by atoms with van der Waals surface area (Å²) in [5.74, 6) is -0.529. The van der Waals surface area contributed by atoms with Crippen molar-refractivity contribution in [2.75, 3.05) is 13.1 Å². The number of hydrogen-bond donors (Lipinski definition) is 1. The molecule has 0 aliphatic carbocycles. The molecule has 7 heteroatoms. The van der Waals surface area contributed by atoms with Crippen molar-refractivity contribution in [3.8, 4) is 5.69 Å². The average molecular weight is 372 g/mol. The molecule has 1 fully saturated rings. The maximum atomic E-state index is 14.3. The van der Waals surface area contributed by atoms with Gasteiger partial charge in [0.05, 0.1) is 17.9 Å². The first kappa shape index (κ1) is 19.1. The summed E-state index contributed by atoms with van der Waals surface area (Å²) >= 11 is 0. The third-order valence-electron chi connectivity index (χ3n) is 4.87. The standard InChI is InChI=1S/C20H25FN4O2/c1-2-4-19(26)24-9-3-5-16(13-24)20(27)23-12-15-6-7-18(17(21)11-15)25-10-8-22-14-25/h6-8,10-11,14,16H,2-5,9,12-13H2,1H3,(H,23,27). The first-order chi connectivity index (χ1) is 13.1. The third kappa shape index (κ3) is 4.72. The SMILES string of the molecule is CCCC(=O)N1CCCC(C(=O)NCc2ccc(-n3ccnc3)c(F)c2)C1. The Balaban J connectivity index is 1.56. The van der Waals surface area contributed by atoms with E-state index in [0.29, 0.717) is 24.2 Å². The predicted octanol–water partition coefficient (Wildman–Crippen LogP) is 2.67. The van der Waals surface area contributed by atoms with Gasteiger partial charge in [-0.1, -0.05) is 13.0 Å². The van der Waals surface area contributed by atoms with Crippen LogP contribution in [-0.2, 0) is 16.1 Å². The Labute approximate surface area is 158 Å². The molecular weight excluding hydrogens is 347 g/mol. The largest absolute Gasteiger partial charge is 0.352 e. The van der Waals surface area contributed by atoms with Crippen LogP contribution in [-0.4, -0.2) is 39.4 Å². The lowest BCUT2D eigenvalue weighted by molar-refractivity contribution is -0.135. The molecule has 1 aromatic carbocycles. The normalized spacial score (nSPS) is 17.0. The molecule has 2 aromatic rings. The van der Waals surface area contributed by atoms with Crippen molar-refractivity contribution in [3.05, 3.63) is 48.3 Å². The number of hydrogen-bond acceptors (Lipinski definition) is 3. The van der Waals surface area contributed by atoms with E-state index >= 15 is 0 Å².